The number of aliphatic hydroxyl groups is 1. The molecular weight excluding hydrogens is 572 g/mol. The second-order valence-electron chi connectivity index (χ2n) is 11.6. The number of carbonyl (C=O) groups is 2. The lowest BCUT2D eigenvalue weighted by atomic mass is 10.1. The summed E-state index contributed by atoms with van der Waals surface area (Å²) in [7, 11) is 0. The highest BCUT2D eigenvalue weighted by Crippen LogP contribution is 2.08. The number of esters is 2. The second kappa shape index (κ2) is 36.5. The van der Waals surface area contributed by atoms with Crippen LogP contribution >= 0.6 is 0 Å². The number of carbonyl (C=O) groups excluding carboxylic acids is 2. The predicted molar refractivity (Wildman–Crippen MR) is 196 cm³/mol. The van der Waals surface area contributed by atoms with Crippen LogP contribution in [0, 0.1) is 0 Å². The molecule has 46 heavy (non-hydrogen) atoms. The van der Waals surface area contributed by atoms with Gasteiger partial charge in [-0.2, -0.15) is 0 Å². The van der Waals surface area contributed by atoms with Gasteiger partial charge >= 0.3 is 11.9 Å². The van der Waals surface area contributed by atoms with Gasteiger partial charge in [0, 0.05) is 12.8 Å². The van der Waals surface area contributed by atoms with E-state index >= 15 is 0 Å². The Hall–Kier alpha value is -2.92. The zero-order chi connectivity index (χ0) is 33.6. The van der Waals surface area contributed by atoms with Gasteiger partial charge in [-0.3, -0.25) is 9.59 Å². The molecule has 0 amide bonds. The SMILES string of the molecule is CC/C=C\C/C=C\C/C=C\C/C=C\CCCCC(=O)OC[C@H](O)COC(=O)CCCCCC/C=C\C/C=C\C/C=C\CCCCC. The zero-order valence-electron chi connectivity index (χ0n) is 29.3. The molecule has 0 bridgehead atoms. The molecule has 0 radical (unpaired) electrons. The van der Waals surface area contributed by atoms with Crippen LogP contribution in [0.5, 0.6) is 0 Å². The van der Waals surface area contributed by atoms with Crippen LogP contribution in [0.25, 0.3) is 0 Å². The van der Waals surface area contributed by atoms with Crippen molar-refractivity contribution in [1.82, 2.24) is 0 Å². The molecule has 5 heteroatoms. The smallest absolute Gasteiger partial charge is 0.305 e. The summed E-state index contributed by atoms with van der Waals surface area (Å²) in [5.74, 6) is -0.647. The normalized spacial score (nSPS) is 13.2. The summed E-state index contributed by atoms with van der Waals surface area (Å²) in [5, 5.41) is 9.98. The Bertz CT molecular complexity index is 906. The maximum Gasteiger partial charge on any atom is 0.305 e. The first-order valence-electron chi connectivity index (χ1n) is 18.1. The summed E-state index contributed by atoms with van der Waals surface area (Å²) >= 11 is 0. The standard InChI is InChI=1S/C41H66O5/c1-3-5-7-9-11-13-15-17-19-20-22-24-26-28-30-32-34-36-41(44)46-38-39(42)37-45-40(43)35-33-31-29-27-25-23-21-18-16-14-12-10-8-6-4-2/h6,8,11-14,17-19,21-22,24-25,27,39,42H,3-5,7,9-10,15-16,20,23,26,28-38H2,1-2H3/b8-6-,13-11-,14-12-,19-17-,21-18-,24-22-,27-25-/t39-/m0/s1. The van der Waals surface area contributed by atoms with Gasteiger partial charge in [-0.1, -0.05) is 125 Å². The molecule has 1 atom stereocenters. The monoisotopic (exact) mass is 638 g/mol. The summed E-state index contributed by atoms with van der Waals surface area (Å²) in [6.07, 6.45) is 49.1. The molecule has 0 aliphatic rings. The van der Waals surface area contributed by atoms with E-state index in [0.29, 0.717) is 12.8 Å². The fourth-order valence-electron chi connectivity index (χ4n) is 4.37. The molecule has 0 aromatic heterocycles. The van der Waals surface area contributed by atoms with Crippen molar-refractivity contribution in [3.8, 4) is 0 Å². The molecule has 0 spiro atoms. The fraction of sp³-hybridized carbons (Fsp3) is 0.610. The van der Waals surface area contributed by atoms with Gasteiger partial charge in [-0.25, -0.2) is 0 Å². The van der Waals surface area contributed by atoms with Gasteiger partial charge < -0.3 is 14.6 Å². The van der Waals surface area contributed by atoms with Gasteiger partial charge in [-0.15, -0.1) is 0 Å². The summed E-state index contributed by atoms with van der Waals surface area (Å²) < 4.78 is 10.3. The van der Waals surface area contributed by atoms with E-state index in [-0.39, 0.29) is 25.2 Å². The Morgan fingerprint density at radius 2 is 0.826 bits per heavy atom. The maximum atomic E-state index is 11.9. The van der Waals surface area contributed by atoms with Crippen LogP contribution < -0.4 is 0 Å². The van der Waals surface area contributed by atoms with Crippen LogP contribution in [0.3, 0.4) is 0 Å². The fourth-order valence-corrected chi connectivity index (χ4v) is 4.37. The number of ether oxygens (including phenoxy) is 2. The third kappa shape index (κ3) is 35.6. The molecule has 0 aliphatic carbocycles. The molecule has 0 rings (SSSR count). The number of hydrogen-bond donors (Lipinski definition) is 1. The Morgan fingerprint density at radius 3 is 1.26 bits per heavy atom. The van der Waals surface area contributed by atoms with Crippen LogP contribution in [-0.4, -0.2) is 36.4 Å². The minimum Gasteiger partial charge on any atom is -0.463 e. The summed E-state index contributed by atoms with van der Waals surface area (Å²) in [5.41, 5.74) is 0. The molecule has 5 nitrogen and oxygen atoms in total. The highest BCUT2D eigenvalue weighted by atomic mass is 16.6. The maximum absolute atomic E-state index is 11.9. The van der Waals surface area contributed by atoms with E-state index in [9.17, 15) is 14.7 Å². The van der Waals surface area contributed by atoms with Crippen molar-refractivity contribution in [1.29, 1.82) is 0 Å². The Kier molecular flexibility index (Phi) is 34.2. The molecule has 0 aromatic carbocycles. The van der Waals surface area contributed by atoms with Crippen LogP contribution in [0.15, 0.2) is 85.1 Å². The number of unbranched alkanes of at least 4 members (excludes halogenated alkanes) is 9. The summed E-state index contributed by atoms with van der Waals surface area (Å²) in [6, 6.07) is 0. The van der Waals surface area contributed by atoms with Crippen molar-refractivity contribution >= 4 is 11.9 Å². The highest BCUT2D eigenvalue weighted by Gasteiger charge is 2.12. The van der Waals surface area contributed by atoms with Gasteiger partial charge in [0.15, 0.2) is 0 Å². The lowest BCUT2D eigenvalue weighted by Gasteiger charge is -2.12. The lowest BCUT2D eigenvalue weighted by molar-refractivity contribution is -0.152. The second-order valence-corrected chi connectivity index (χ2v) is 11.6. The van der Waals surface area contributed by atoms with E-state index in [1.54, 1.807) is 0 Å². The number of hydrogen-bond acceptors (Lipinski definition) is 5. The van der Waals surface area contributed by atoms with Gasteiger partial charge in [0.1, 0.15) is 19.3 Å². The zero-order valence-corrected chi connectivity index (χ0v) is 29.3. The van der Waals surface area contributed by atoms with E-state index in [0.717, 1.165) is 89.9 Å². The minimum atomic E-state index is -0.995. The Morgan fingerprint density at radius 1 is 0.478 bits per heavy atom. The van der Waals surface area contributed by atoms with Crippen molar-refractivity contribution in [2.45, 2.75) is 148 Å². The molecule has 0 aromatic rings. The number of rotatable bonds is 31. The number of aliphatic hydroxyl groups excluding tert-OH is 1. The quantitative estimate of drug-likeness (QED) is 0.0465. The summed E-state index contributed by atoms with van der Waals surface area (Å²) in [6.45, 7) is 4.08. The van der Waals surface area contributed by atoms with Gasteiger partial charge in [0.25, 0.3) is 0 Å². The minimum absolute atomic E-state index is 0.146. The van der Waals surface area contributed by atoms with Crippen molar-refractivity contribution in [3.63, 3.8) is 0 Å². The third-order valence-electron chi connectivity index (χ3n) is 7.11. The first kappa shape index (κ1) is 43.1. The van der Waals surface area contributed by atoms with Crippen molar-refractivity contribution < 1.29 is 24.2 Å². The molecule has 0 unspecified atom stereocenters. The molecule has 0 saturated heterocycles. The molecule has 0 saturated carbocycles. The van der Waals surface area contributed by atoms with Crippen LogP contribution in [0.4, 0.5) is 0 Å². The first-order valence-corrected chi connectivity index (χ1v) is 18.1. The van der Waals surface area contributed by atoms with E-state index in [1.807, 2.05) is 0 Å². The van der Waals surface area contributed by atoms with Gasteiger partial charge in [-0.05, 0) is 89.9 Å². The van der Waals surface area contributed by atoms with Crippen LogP contribution in [0.2, 0.25) is 0 Å². The van der Waals surface area contributed by atoms with Gasteiger partial charge in [0.05, 0.1) is 0 Å². The average molecular weight is 639 g/mol. The van der Waals surface area contributed by atoms with E-state index < -0.39 is 6.10 Å². The molecule has 1 N–H and O–H groups in total. The van der Waals surface area contributed by atoms with Crippen LogP contribution in [-0.2, 0) is 19.1 Å². The Balaban J connectivity index is 3.60. The van der Waals surface area contributed by atoms with Crippen LogP contribution in [0.1, 0.15) is 142 Å². The van der Waals surface area contributed by atoms with E-state index in [1.165, 1.54) is 25.7 Å². The largest absolute Gasteiger partial charge is 0.463 e. The molecule has 260 valence electrons. The van der Waals surface area contributed by atoms with E-state index in [2.05, 4.69) is 98.9 Å². The molecule has 0 aliphatic heterocycles. The first-order chi connectivity index (χ1) is 22.6. The predicted octanol–water partition coefficient (Wildman–Crippen LogP) is 11.2. The van der Waals surface area contributed by atoms with Gasteiger partial charge in [0.2, 0.25) is 0 Å². The lowest BCUT2D eigenvalue weighted by Crippen LogP contribution is -2.25. The highest BCUT2D eigenvalue weighted by molar-refractivity contribution is 5.69. The van der Waals surface area contributed by atoms with Crippen molar-refractivity contribution in [3.05, 3.63) is 85.1 Å². The molecule has 0 heterocycles. The third-order valence-corrected chi connectivity index (χ3v) is 7.11. The number of allylic oxidation sites excluding steroid dienone is 14. The van der Waals surface area contributed by atoms with Crippen molar-refractivity contribution in [2.75, 3.05) is 13.2 Å². The molecular formula is C41H66O5. The topological polar surface area (TPSA) is 72.8 Å². The van der Waals surface area contributed by atoms with E-state index in [4.69, 9.17) is 9.47 Å². The summed E-state index contributed by atoms with van der Waals surface area (Å²) in [4.78, 5) is 23.9. The van der Waals surface area contributed by atoms with Crippen molar-refractivity contribution in [2.24, 2.45) is 0 Å². The molecule has 0 fully saturated rings. The average Bonchev–Trinajstić information content (AvgIpc) is 3.06. The Labute approximate surface area is 282 Å².